The average Bonchev–Trinajstić information content (AvgIpc) is 2.71. The summed E-state index contributed by atoms with van der Waals surface area (Å²) in [6.45, 7) is 7.22. The lowest BCUT2D eigenvalue weighted by molar-refractivity contribution is -0.123. The second-order valence-electron chi connectivity index (χ2n) is 4.72. The van der Waals surface area contributed by atoms with Gasteiger partial charge in [-0.05, 0) is 38.8 Å². The van der Waals surface area contributed by atoms with Gasteiger partial charge in [0, 0.05) is 5.92 Å². The quantitative estimate of drug-likeness (QED) is 0.645. The molecule has 15 heavy (non-hydrogen) atoms. The average molecular weight is 211 g/mol. The predicted octanol–water partition coefficient (Wildman–Crippen LogP) is 2.87. The largest absolute Gasteiger partial charge is 0.298 e. The van der Waals surface area contributed by atoms with Crippen molar-refractivity contribution in [2.75, 3.05) is 19.6 Å². The zero-order valence-corrected chi connectivity index (χ0v) is 10.3. The lowest BCUT2D eigenvalue weighted by atomic mass is 10.0. The minimum absolute atomic E-state index is 0.390. The molecule has 1 rings (SSSR count). The van der Waals surface area contributed by atoms with Gasteiger partial charge in [-0.25, -0.2) is 0 Å². The Morgan fingerprint density at radius 1 is 1.13 bits per heavy atom. The second kappa shape index (κ2) is 7.00. The lowest BCUT2D eigenvalue weighted by Crippen LogP contribution is -2.33. The summed E-state index contributed by atoms with van der Waals surface area (Å²) < 4.78 is 0. The van der Waals surface area contributed by atoms with E-state index in [9.17, 15) is 4.79 Å². The Bertz CT molecular complexity index is 179. The fourth-order valence-corrected chi connectivity index (χ4v) is 2.50. The standard InChI is InChI=1S/C13H25NO/c1-3-9-14(10-4-2)11-13(15)12-7-5-6-8-12/h12H,3-11H2,1-2H3. The van der Waals surface area contributed by atoms with Crippen LogP contribution in [0.2, 0.25) is 0 Å². The first-order valence-electron chi connectivity index (χ1n) is 6.53. The molecule has 0 radical (unpaired) electrons. The number of rotatable bonds is 7. The molecule has 1 aliphatic rings. The smallest absolute Gasteiger partial charge is 0.149 e. The number of hydrogen-bond donors (Lipinski definition) is 0. The summed E-state index contributed by atoms with van der Waals surface area (Å²) in [4.78, 5) is 14.3. The Morgan fingerprint density at radius 3 is 2.13 bits per heavy atom. The van der Waals surface area contributed by atoms with Crippen molar-refractivity contribution in [2.45, 2.75) is 52.4 Å². The first-order valence-corrected chi connectivity index (χ1v) is 6.53. The van der Waals surface area contributed by atoms with Crippen molar-refractivity contribution in [3.63, 3.8) is 0 Å². The highest BCUT2D eigenvalue weighted by atomic mass is 16.1. The van der Waals surface area contributed by atoms with E-state index in [2.05, 4.69) is 18.7 Å². The molecule has 2 heteroatoms. The van der Waals surface area contributed by atoms with E-state index in [0.29, 0.717) is 18.2 Å². The molecule has 0 amide bonds. The van der Waals surface area contributed by atoms with Gasteiger partial charge in [-0.1, -0.05) is 26.7 Å². The molecule has 1 aliphatic carbocycles. The topological polar surface area (TPSA) is 20.3 Å². The minimum atomic E-state index is 0.390. The molecule has 0 spiro atoms. The monoisotopic (exact) mass is 211 g/mol. The predicted molar refractivity (Wildman–Crippen MR) is 64.0 cm³/mol. The summed E-state index contributed by atoms with van der Waals surface area (Å²) in [6.07, 6.45) is 7.11. The van der Waals surface area contributed by atoms with Gasteiger partial charge in [-0.2, -0.15) is 0 Å². The summed E-state index contributed by atoms with van der Waals surface area (Å²) in [7, 11) is 0. The first kappa shape index (κ1) is 12.7. The molecule has 88 valence electrons. The first-order chi connectivity index (χ1) is 7.27. The Hall–Kier alpha value is -0.370. The fraction of sp³-hybridized carbons (Fsp3) is 0.923. The third-order valence-corrected chi connectivity index (χ3v) is 3.27. The third-order valence-electron chi connectivity index (χ3n) is 3.27. The van der Waals surface area contributed by atoms with Crippen LogP contribution in [0.4, 0.5) is 0 Å². The zero-order valence-electron chi connectivity index (χ0n) is 10.3. The van der Waals surface area contributed by atoms with Crippen molar-refractivity contribution in [3.8, 4) is 0 Å². The van der Waals surface area contributed by atoms with E-state index in [0.717, 1.165) is 38.8 Å². The summed E-state index contributed by atoms with van der Waals surface area (Å²) in [5.74, 6) is 0.885. The van der Waals surface area contributed by atoms with Crippen LogP contribution in [-0.4, -0.2) is 30.3 Å². The van der Waals surface area contributed by atoms with Crippen LogP contribution in [0.3, 0.4) is 0 Å². The van der Waals surface area contributed by atoms with Gasteiger partial charge in [-0.15, -0.1) is 0 Å². The zero-order chi connectivity index (χ0) is 11.1. The van der Waals surface area contributed by atoms with Gasteiger partial charge >= 0.3 is 0 Å². The maximum Gasteiger partial charge on any atom is 0.149 e. The van der Waals surface area contributed by atoms with E-state index in [1.54, 1.807) is 0 Å². The molecule has 0 aromatic rings. The number of Topliss-reactive ketones (excluding diaryl/α,β-unsaturated/α-hetero) is 1. The number of hydrogen-bond acceptors (Lipinski definition) is 2. The van der Waals surface area contributed by atoms with Gasteiger partial charge in [0.2, 0.25) is 0 Å². The van der Waals surface area contributed by atoms with Gasteiger partial charge in [0.1, 0.15) is 5.78 Å². The van der Waals surface area contributed by atoms with Crippen LogP contribution >= 0.6 is 0 Å². The van der Waals surface area contributed by atoms with Crippen LogP contribution in [0.5, 0.6) is 0 Å². The Labute approximate surface area is 94.0 Å². The number of carbonyl (C=O) groups excluding carboxylic acids is 1. The van der Waals surface area contributed by atoms with Crippen molar-refractivity contribution < 1.29 is 4.79 Å². The van der Waals surface area contributed by atoms with Gasteiger partial charge in [0.25, 0.3) is 0 Å². The van der Waals surface area contributed by atoms with Crippen LogP contribution < -0.4 is 0 Å². The molecule has 0 aromatic heterocycles. The molecular weight excluding hydrogens is 186 g/mol. The van der Waals surface area contributed by atoms with Crippen LogP contribution in [0.25, 0.3) is 0 Å². The molecule has 0 atom stereocenters. The lowest BCUT2D eigenvalue weighted by Gasteiger charge is -2.21. The van der Waals surface area contributed by atoms with Crippen molar-refractivity contribution in [1.82, 2.24) is 4.90 Å². The number of ketones is 1. The molecule has 0 saturated heterocycles. The van der Waals surface area contributed by atoms with Crippen LogP contribution in [0.1, 0.15) is 52.4 Å². The molecule has 0 bridgehead atoms. The molecule has 0 heterocycles. The summed E-state index contributed by atoms with van der Waals surface area (Å²) in [5.41, 5.74) is 0. The fourth-order valence-electron chi connectivity index (χ4n) is 2.50. The molecule has 0 N–H and O–H groups in total. The minimum Gasteiger partial charge on any atom is -0.298 e. The number of nitrogens with zero attached hydrogens (tertiary/aromatic N) is 1. The van der Waals surface area contributed by atoms with Crippen molar-refractivity contribution in [3.05, 3.63) is 0 Å². The summed E-state index contributed by atoms with van der Waals surface area (Å²) in [6, 6.07) is 0. The molecule has 0 aromatic carbocycles. The van der Waals surface area contributed by atoms with E-state index in [1.165, 1.54) is 12.8 Å². The maximum absolute atomic E-state index is 12.0. The molecule has 0 unspecified atom stereocenters. The molecule has 2 nitrogen and oxygen atoms in total. The summed E-state index contributed by atoms with van der Waals surface area (Å²) in [5, 5.41) is 0. The Balaban J connectivity index is 2.31. The molecule has 1 fully saturated rings. The van der Waals surface area contributed by atoms with Gasteiger partial charge < -0.3 is 0 Å². The second-order valence-corrected chi connectivity index (χ2v) is 4.72. The van der Waals surface area contributed by atoms with Crippen molar-refractivity contribution in [2.24, 2.45) is 5.92 Å². The summed E-state index contributed by atoms with van der Waals surface area (Å²) >= 11 is 0. The third kappa shape index (κ3) is 4.33. The van der Waals surface area contributed by atoms with Crippen LogP contribution in [0, 0.1) is 5.92 Å². The van der Waals surface area contributed by atoms with Crippen molar-refractivity contribution >= 4 is 5.78 Å². The highest BCUT2D eigenvalue weighted by Gasteiger charge is 2.23. The van der Waals surface area contributed by atoms with E-state index < -0.39 is 0 Å². The van der Waals surface area contributed by atoms with E-state index in [-0.39, 0.29) is 0 Å². The molecule has 0 aliphatic heterocycles. The Kier molecular flexibility index (Phi) is 5.92. The van der Waals surface area contributed by atoms with Crippen LogP contribution in [0.15, 0.2) is 0 Å². The molecule has 1 saturated carbocycles. The SMILES string of the molecule is CCCN(CCC)CC(=O)C1CCCC1. The van der Waals surface area contributed by atoms with Gasteiger partial charge in [0.15, 0.2) is 0 Å². The maximum atomic E-state index is 12.0. The van der Waals surface area contributed by atoms with Crippen molar-refractivity contribution in [1.29, 1.82) is 0 Å². The number of carbonyl (C=O) groups is 1. The normalized spacial score (nSPS) is 17.5. The highest BCUT2D eigenvalue weighted by molar-refractivity contribution is 5.83. The van der Waals surface area contributed by atoms with Gasteiger partial charge in [-0.3, -0.25) is 9.69 Å². The molecular formula is C13H25NO. The van der Waals surface area contributed by atoms with Gasteiger partial charge in [0.05, 0.1) is 6.54 Å². The van der Waals surface area contributed by atoms with E-state index in [4.69, 9.17) is 0 Å². The highest BCUT2D eigenvalue weighted by Crippen LogP contribution is 2.25. The van der Waals surface area contributed by atoms with Crippen LogP contribution in [-0.2, 0) is 4.79 Å². The Morgan fingerprint density at radius 2 is 1.67 bits per heavy atom. The van der Waals surface area contributed by atoms with E-state index in [1.807, 2.05) is 0 Å². The van der Waals surface area contributed by atoms with E-state index >= 15 is 0 Å².